The maximum absolute atomic E-state index is 14.8. The number of carbonyl (C=O) groups is 1. The molecule has 6 nitrogen and oxygen atoms in total. The van der Waals surface area contributed by atoms with Gasteiger partial charge in [-0.25, -0.2) is 13.5 Å². The predicted octanol–water partition coefficient (Wildman–Crippen LogP) is 3.09. The molecule has 0 fully saturated rings. The average molecular weight is 370 g/mol. The van der Waals surface area contributed by atoms with Gasteiger partial charge < -0.3 is 10.1 Å². The van der Waals surface area contributed by atoms with Crippen LogP contribution in [-0.4, -0.2) is 27.8 Å². The number of nitrogens with zero attached hydrogens (tertiary/aromatic N) is 3. The molecule has 3 heterocycles. The minimum absolute atomic E-state index is 0.0390. The molecule has 0 spiro atoms. The Hall–Kier alpha value is -3.29. The van der Waals surface area contributed by atoms with Crippen LogP contribution in [0.3, 0.4) is 0 Å². The molecular formula is C19H16F2N4O2. The second-order valence-corrected chi connectivity index (χ2v) is 6.26. The van der Waals surface area contributed by atoms with Gasteiger partial charge in [0.05, 0.1) is 19.9 Å². The predicted molar refractivity (Wildman–Crippen MR) is 93.6 cm³/mol. The van der Waals surface area contributed by atoms with Crippen molar-refractivity contribution in [3.8, 4) is 5.75 Å². The first-order valence-corrected chi connectivity index (χ1v) is 8.34. The van der Waals surface area contributed by atoms with Gasteiger partial charge in [0.25, 0.3) is 0 Å². The first kappa shape index (κ1) is 17.1. The van der Waals surface area contributed by atoms with Gasteiger partial charge in [0, 0.05) is 35.9 Å². The quantitative estimate of drug-likeness (QED) is 0.766. The molecule has 2 aromatic heterocycles. The van der Waals surface area contributed by atoms with E-state index in [9.17, 15) is 13.6 Å². The fraction of sp³-hybridized carbons (Fsp3) is 0.211. The lowest BCUT2D eigenvalue weighted by Crippen LogP contribution is -2.25. The summed E-state index contributed by atoms with van der Waals surface area (Å²) in [5.41, 5.74) is 1.78. The monoisotopic (exact) mass is 370 g/mol. The Morgan fingerprint density at radius 3 is 2.85 bits per heavy atom. The number of pyridine rings is 1. The van der Waals surface area contributed by atoms with Crippen LogP contribution < -0.4 is 10.1 Å². The third-order valence-corrected chi connectivity index (χ3v) is 4.60. The van der Waals surface area contributed by atoms with Crippen LogP contribution in [0.25, 0.3) is 0 Å². The van der Waals surface area contributed by atoms with Crippen molar-refractivity contribution in [2.45, 2.75) is 18.9 Å². The smallest absolute Gasteiger partial charge is 0.226 e. The van der Waals surface area contributed by atoms with Gasteiger partial charge in [-0.05, 0) is 17.7 Å². The van der Waals surface area contributed by atoms with Crippen molar-refractivity contribution in [3.05, 3.63) is 71.2 Å². The number of halogens is 2. The second kappa shape index (κ2) is 6.79. The van der Waals surface area contributed by atoms with E-state index in [1.807, 2.05) is 12.1 Å². The maximum Gasteiger partial charge on any atom is 0.226 e. The lowest BCUT2D eigenvalue weighted by molar-refractivity contribution is -0.116. The van der Waals surface area contributed by atoms with Gasteiger partial charge in [-0.1, -0.05) is 12.1 Å². The normalized spacial score (nSPS) is 16.0. The van der Waals surface area contributed by atoms with Crippen molar-refractivity contribution in [1.82, 2.24) is 14.8 Å². The second-order valence-electron chi connectivity index (χ2n) is 6.26. The minimum Gasteiger partial charge on any atom is -0.491 e. The molecule has 0 bridgehead atoms. The number of rotatable bonds is 4. The molecule has 0 saturated carbocycles. The summed E-state index contributed by atoms with van der Waals surface area (Å²) in [6.07, 6.45) is 5.02. The van der Waals surface area contributed by atoms with Crippen LogP contribution in [0.4, 0.5) is 14.6 Å². The van der Waals surface area contributed by atoms with Crippen molar-refractivity contribution < 1.29 is 18.3 Å². The largest absolute Gasteiger partial charge is 0.491 e. The number of methoxy groups -OCH3 is 1. The third kappa shape index (κ3) is 3.03. The molecule has 1 unspecified atom stereocenters. The van der Waals surface area contributed by atoms with Crippen LogP contribution in [0.5, 0.6) is 5.75 Å². The number of hydrogen-bond donors (Lipinski definition) is 1. The van der Waals surface area contributed by atoms with E-state index < -0.39 is 23.3 Å². The molecular weight excluding hydrogens is 354 g/mol. The van der Waals surface area contributed by atoms with Crippen LogP contribution in [0.15, 0.2) is 42.9 Å². The van der Waals surface area contributed by atoms with Crippen molar-refractivity contribution >= 4 is 11.7 Å². The van der Waals surface area contributed by atoms with Crippen LogP contribution in [0, 0.1) is 11.6 Å². The van der Waals surface area contributed by atoms with Crippen molar-refractivity contribution in [3.63, 3.8) is 0 Å². The first-order valence-electron chi connectivity index (χ1n) is 8.34. The van der Waals surface area contributed by atoms with E-state index >= 15 is 0 Å². The average Bonchev–Trinajstić information content (AvgIpc) is 3.05. The van der Waals surface area contributed by atoms with E-state index in [1.54, 1.807) is 23.3 Å². The SMILES string of the molecule is COc1c(F)ccc(C2CC(=O)Nc3c2cnn3Cc2cccnc2)c1F. The van der Waals surface area contributed by atoms with E-state index in [1.165, 1.54) is 13.2 Å². The first-order chi connectivity index (χ1) is 13.1. The van der Waals surface area contributed by atoms with Crippen molar-refractivity contribution in [2.75, 3.05) is 12.4 Å². The van der Waals surface area contributed by atoms with Gasteiger partial charge in [-0.3, -0.25) is 9.78 Å². The van der Waals surface area contributed by atoms with Crippen LogP contribution >= 0.6 is 0 Å². The number of nitrogens with one attached hydrogen (secondary N) is 1. The molecule has 1 atom stereocenters. The molecule has 1 aliphatic heterocycles. The number of aromatic nitrogens is 3. The summed E-state index contributed by atoms with van der Waals surface area (Å²) in [7, 11) is 1.20. The van der Waals surface area contributed by atoms with E-state index in [0.717, 1.165) is 11.6 Å². The summed E-state index contributed by atoms with van der Waals surface area (Å²) in [6, 6.07) is 6.20. The molecule has 1 aliphatic rings. The molecule has 1 N–H and O–H groups in total. The third-order valence-electron chi connectivity index (χ3n) is 4.60. The Kier molecular flexibility index (Phi) is 4.31. The van der Waals surface area contributed by atoms with Gasteiger partial charge in [0.1, 0.15) is 5.82 Å². The molecule has 4 rings (SSSR count). The highest BCUT2D eigenvalue weighted by atomic mass is 19.1. The Balaban J connectivity index is 1.76. The number of ether oxygens (including phenoxy) is 1. The Morgan fingerprint density at radius 1 is 1.26 bits per heavy atom. The summed E-state index contributed by atoms with van der Waals surface area (Å²) in [4.78, 5) is 16.3. The zero-order chi connectivity index (χ0) is 19.0. The molecule has 27 heavy (non-hydrogen) atoms. The van der Waals surface area contributed by atoms with Gasteiger partial charge in [-0.15, -0.1) is 0 Å². The van der Waals surface area contributed by atoms with Gasteiger partial charge >= 0.3 is 0 Å². The summed E-state index contributed by atoms with van der Waals surface area (Å²) in [5.74, 6) is -2.38. The molecule has 8 heteroatoms. The van der Waals surface area contributed by atoms with Crippen LogP contribution in [0.1, 0.15) is 29.0 Å². The van der Waals surface area contributed by atoms with E-state index in [4.69, 9.17) is 4.74 Å². The Bertz CT molecular complexity index is 1000. The van der Waals surface area contributed by atoms with E-state index in [0.29, 0.717) is 17.9 Å². The zero-order valence-electron chi connectivity index (χ0n) is 14.4. The maximum atomic E-state index is 14.8. The fourth-order valence-corrected chi connectivity index (χ4v) is 3.34. The molecule has 1 amide bonds. The van der Waals surface area contributed by atoms with Crippen LogP contribution in [0.2, 0.25) is 0 Å². The summed E-state index contributed by atoms with van der Waals surface area (Å²) in [5, 5.41) is 7.14. The fourth-order valence-electron chi connectivity index (χ4n) is 3.34. The standard InChI is InChI=1S/C19H16F2N4O2/c1-27-18-15(20)5-4-12(17(18)21)13-7-16(26)24-19-14(13)9-23-25(19)10-11-3-2-6-22-8-11/h2-6,8-9,13H,7,10H2,1H3,(H,24,26). The van der Waals surface area contributed by atoms with E-state index in [-0.39, 0.29) is 17.9 Å². The highest BCUT2D eigenvalue weighted by Crippen LogP contribution is 2.40. The topological polar surface area (TPSA) is 69.0 Å². The van der Waals surface area contributed by atoms with Gasteiger partial charge in [0.15, 0.2) is 17.4 Å². The molecule has 3 aromatic rings. The number of amides is 1. The zero-order valence-corrected chi connectivity index (χ0v) is 14.4. The van der Waals surface area contributed by atoms with Gasteiger partial charge in [-0.2, -0.15) is 5.10 Å². The van der Waals surface area contributed by atoms with Crippen LogP contribution in [-0.2, 0) is 11.3 Å². The summed E-state index contributed by atoms with van der Waals surface area (Å²) >= 11 is 0. The number of anilines is 1. The summed E-state index contributed by atoms with van der Waals surface area (Å²) in [6.45, 7) is 0.408. The molecule has 138 valence electrons. The highest BCUT2D eigenvalue weighted by Gasteiger charge is 2.33. The molecule has 0 saturated heterocycles. The number of hydrogen-bond acceptors (Lipinski definition) is 4. The molecule has 0 aliphatic carbocycles. The molecule has 1 aromatic carbocycles. The summed E-state index contributed by atoms with van der Waals surface area (Å²) < 4.78 is 35.0. The lowest BCUT2D eigenvalue weighted by atomic mass is 9.87. The number of fused-ring (bicyclic) bond motifs is 1. The van der Waals surface area contributed by atoms with Crippen molar-refractivity contribution in [2.24, 2.45) is 0 Å². The Labute approximate surface area is 153 Å². The lowest BCUT2D eigenvalue weighted by Gasteiger charge is -2.24. The number of benzene rings is 1. The van der Waals surface area contributed by atoms with E-state index in [2.05, 4.69) is 15.4 Å². The number of carbonyl (C=O) groups excluding carboxylic acids is 1. The molecule has 0 radical (unpaired) electrons. The highest BCUT2D eigenvalue weighted by molar-refractivity contribution is 5.94. The van der Waals surface area contributed by atoms with Gasteiger partial charge in [0.2, 0.25) is 5.91 Å². The van der Waals surface area contributed by atoms with Crippen molar-refractivity contribution in [1.29, 1.82) is 0 Å². The minimum atomic E-state index is -0.803. The Morgan fingerprint density at radius 2 is 2.11 bits per heavy atom.